The number of amides is 2. The summed E-state index contributed by atoms with van der Waals surface area (Å²) in [5.74, 6) is -0.337. The van der Waals surface area contributed by atoms with Gasteiger partial charge in [-0.3, -0.25) is 19.1 Å². The van der Waals surface area contributed by atoms with Crippen molar-refractivity contribution >= 4 is 23.4 Å². The third-order valence-electron chi connectivity index (χ3n) is 6.87. The normalized spacial score (nSPS) is 17.1. The topological polar surface area (TPSA) is 122 Å². The molecule has 0 unspecified atom stereocenters. The van der Waals surface area contributed by atoms with Crippen LogP contribution >= 0.6 is 11.6 Å². The summed E-state index contributed by atoms with van der Waals surface area (Å²) in [4.78, 5) is 41.1. The molecule has 10 nitrogen and oxygen atoms in total. The molecule has 3 aromatic rings. The number of hydrogen-bond acceptors (Lipinski definition) is 6. The highest BCUT2D eigenvalue weighted by Gasteiger charge is 2.40. The largest absolute Gasteiger partial charge is 0.394 e. The van der Waals surface area contributed by atoms with Crippen LogP contribution in [0.3, 0.4) is 0 Å². The Morgan fingerprint density at radius 1 is 1.19 bits per heavy atom. The van der Waals surface area contributed by atoms with Crippen molar-refractivity contribution in [1.29, 1.82) is 0 Å². The Kier molecular flexibility index (Phi) is 6.40. The Balaban J connectivity index is 1.46. The van der Waals surface area contributed by atoms with Crippen molar-refractivity contribution in [2.75, 3.05) is 19.7 Å². The predicted molar refractivity (Wildman–Crippen MR) is 133 cm³/mol. The number of likely N-dealkylation sites (tertiary alicyclic amines) is 1. The SMILES string of the molecule is Cn1cc(-n2nc(-c3ccc(Cl)cc3)cc(C(=O)NC3(CO)CCN(C(=O)C4CC4)CC3)c2=O)cn1. The summed E-state index contributed by atoms with van der Waals surface area (Å²) >= 11 is 6.03. The van der Waals surface area contributed by atoms with Gasteiger partial charge in [0.1, 0.15) is 11.3 Å². The highest BCUT2D eigenvalue weighted by atomic mass is 35.5. The number of nitrogens with one attached hydrogen (secondary N) is 1. The van der Waals surface area contributed by atoms with Gasteiger partial charge in [-0.25, -0.2) is 0 Å². The summed E-state index contributed by atoms with van der Waals surface area (Å²) in [6.07, 6.45) is 5.78. The second kappa shape index (κ2) is 9.51. The second-order valence-corrected chi connectivity index (χ2v) is 9.97. The Morgan fingerprint density at radius 2 is 1.89 bits per heavy atom. The number of aliphatic hydroxyl groups is 1. The number of benzene rings is 1. The van der Waals surface area contributed by atoms with E-state index in [0.717, 1.165) is 17.5 Å². The molecule has 2 aromatic heterocycles. The number of piperidine rings is 1. The van der Waals surface area contributed by atoms with Crippen LogP contribution in [0, 0.1) is 5.92 Å². The zero-order chi connectivity index (χ0) is 25.4. The number of carbonyl (C=O) groups is 2. The first-order valence-corrected chi connectivity index (χ1v) is 12.3. The molecular weight excluding hydrogens is 484 g/mol. The number of rotatable bonds is 6. The van der Waals surface area contributed by atoms with Gasteiger partial charge in [0.15, 0.2) is 0 Å². The first-order valence-electron chi connectivity index (χ1n) is 11.9. The molecule has 1 saturated carbocycles. The van der Waals surface area contributed by atoms with Gasteiger partial charge in [0.25, 0.3) is 11.5 Å². The Bertz CT molecular complexity index is 1350. The summed E-state index contributed by atoms with van der Waals surface area (Å²) < 4.78 is 2.68. The zero-order valence-electron chi connectivity index (χ0n) is 19.9. The molecule has 0 bridgehead atoms. The van der Waals surface area contributed by atoms with Crippen LogP contribution in [0.4, 0.5) is 0 Å². The van der Waals surface area contributed by atoms with Crippen molar-refractivity contribution in [3.05, 3.63) is 63.7 Å². The third-order valence-corrected chi connectivity index (χ3v) is 7.12. The second-order valence-electron chi connectivity index (χ2n) is 9.53. The van der Waals surface area contributed by atoms with Crippen LogP contribution in [-0.2, 0) is 11.8 Å². The standard InChI is InChI=1S/C25H27ClN6O4/c1-30-14-19(13-27-30)32-24(36)20(12-21(29-32)16-4-6-18(26)7-5-16)22(34)28-25(15-33)8-10-31(11-9-25)23(35)17-2-3-17/h4-7,12-14,17,33H,2-3,8-11,15H2,1H3,(H,28,34). The molecule has 36 heavy (non-hydrogen) atoms. The lowest BCUT2D eigenvalue weighted by atomic mass is 9.87. The van der Waals surface area contributed by atoms with Crippen LogP contribution in [0.5, 0.6) is 0 Å². The number of aryl methyl sites for hydroxylation is 1. The van der Waals surface area contributed by atoms with E-state index in [4.69, 9.17) is 11.6 Å². The summed E-state index contributed by atoms with van der Waals surface area (Å²) in [6, 6.07) is 8.37. The van der Waals surface area contributed by atoms with Gasteiger partial charge < -0.3 is 15.3 Å². The van der Waals surface area contributed by atoms with Gasteiger partial charge in [-0.1, -0.05) is 23.7 Å². The Labute approximate surface area is 212 Å². The minimum Gasteiger partial charge on any atom is -0.394 e. The van der Waals surface area contributed by atoms with E-state index >= 15 is 0 Å². The molecule has 2 N–H and O–H groups in total. The molecule has 11 heteroatoms. The van der Waals surface area contributed by atoms with Gasteiger partial charge in [-0.2, -0.15) is 14.9 Å². The summed E-state index contributed by atoms with van der Waals surface area (Å²) in [7, 11) is 1.72. The maximum atomic E-state index is 13.5. The van der Waals surface area contributed by atoms with Crippen LogP contribution in [0.2, 0.25) is 5.02 Å². The number of halogens is 1. The van der Waals surface area contributed by atoms with Crippen molar-refractivity contribution in [1.82, 2.24) is 29.8 Å². The van der Waals surface area contributed by atoms with E-state index in [0.29, 0.717) is 47.9 Å². The third kappa shape index (κ3) is 4.78. The van der Waals surface area contributed by atoms with E-state index in [-0.39, 0.29) is 24.0 Å². The van der Waals surface area contributed by atoms with Gasteiger partial charge in [0, 0.05) is 36.6 Å². The predicted octanol–water partition coefficient (Wildman–Crippen LogP) is 1.78. The van der Waals surface area contributed by atoms with Crippen molar-refractivity contribution in [2.45, 2.75) is 31.2 Å². The van der Waals surface area contributed by atoms with Gasteiger partial charge in [-0.05, 0) is 43.9 Å². The quantitative estimate of drug-likeness (QED) is 0.521. The minimum absolute atomic E-state index is 0.108. The molecule has 2 amide bonds. The zero-order valence-corrected chi connectivity index (χ0v) is 20.6. The number of aromatic nitrogens is 4. The van der Waals surface area contributed by atoms with E-state index in [1.165, 1.54) is 16.9 Å². The summed E-state index contributed by atoms with van der Waals surface area (Å²) in [5.41, 5.74) is -0.142. The number of nitrogens with zero attached hydrogens (tertiary/aromatic N) is 5. The highest BCUT2D eigenvalue weighted by Crippen LogP contribution is 2.33. The fourth-order valence-electron chi connectivity index (χ4n) is 4.49. The van der Waals surface area contributed by atoms with Gasteiger partial charge >= 0.3 is 0 Å². The smallest absolute Gasteiger partial charge is 0.284 e. The van der Waals surface area contributed by atoms with Crippen molar-refractivity contribution < 1.29 is 14.7 Å². The fourth-order valence-corrected chi connectivity index (χ4v) is 4.61. The van der Waals surface area contributed by atoms with Crippen molar-refractivity contribution in [3.8, 4) is 16.9 Å². The molecule has 2 fully saturated rings. The minimum atomic E-state index is -0.924. The summed E-state index contributed by atoms with van der Waals surface area (Å²) in [6.45, 7) is 0.598. The van der Waals surface area contributed by atoms with Crippen molar-refractivity contribution in [3.63, 3.8) is 0 Å². The monoisotopic (exact) mass is 510 g/mol. The van der Waals surface area contributed by atoms with Crippen LogP contribution in [-0.4, -0.2) is 66.6 Å². The molecule has 0 atom stereocenters. The molecule has 188 valence electrons. The molecule has 2 aliphatic rings. The van der Waals surface area contributed by atoms with Gasteiger partial charge in [-0.15, -0.1) is 0 Å². The highest BCUT2D eigenvalue weighted by molar-refractivity contribution is 6.30. The Hall–Kier alpha value is -3.50. The van der Waals surface area contributed by atoms with E-state index in [1.54, 1.807) is 42.4 Å². The maximum Gasteiger partial charge on any atom is 0.284 e. The van der Waals surface area contributed by atoms with Crippen molar-refractivity contribution in [2.24, 2.45) is 13.0 Å². The molecule has 0 spiro atoms. The maximum absolute atomic E-state index is 13.5. The number of carbonyl (C=O) groups excluding carboxylic acids is 2. The van der Waals surface area contributed by atoms with E-state index < -0.39 is 17.0 Å². The molecule has 5 rings (SSSR count). The average molecular weight is 511 g/mol. The fraction of sp³-hybridized carbons (Fsp3) is 0.400. The molecule has 1 saturated heterocycles. The van der Waals surface area contributed by atoms with Crippen LogP contribution < -0.4 is 10.9 Å². The molecule has 1 aliphatic carbocycles. The number of hydrogen-bond donors (Lipinski definition) is 2. The first-order chi connectivity index (χ1) is 17.3. The Morgan fingerprint density at radius 3 is 2.47 bits per heavy atom. The van der Waals surface area contributed by atoms with E-state index in [1.807, 2.05) is 0 Å². The van der Waals surface area contributed by atoms with Crippen LogP contribution in [0.25, 0.3) is 16.9 Å². The van der Waals surface area contributed by atoms with Crippen LogP contribution in [0.15, 0.2) is 47.5 Å². The lowest BCUT2D eigenvalue weighted by Gasteiger charge is -2.41. The molecule has 0 radical (unpaired) electrons. The average Bonchev–Trinajstić information content (AvgIpc) is 3.65. The van der Waals surface area contributed by atoms with Gasteiger partial charge in [0.2, 0.25) is 5.91 Å². The molecule has 3 heterocycles. The van der Waals surface area contributed by atoms with E-state index in [9.17, 15) is 19.5 Å². The van der Waals surface area contributed by atoms with E-state index in [2.05, 4.69) is 15.5 Å². The number of aliphatic hydroxyl groups excluding tert-OH is 1. The van der Waals surface area contributed by atoms with Crippen LogP contribution in [0.1, 0.15) is 36.0 Å². The lowest BCUT2D eigenvalue weighted by Crippen LogP contribution is -2.59. The first kappa shape index (κ1) is 24.2. The molecular formula is C25H27ClN6O4. The lowest BCUT2D eigenvalue weighted by molar-refractivity contribution is -0.134. The summed E-state index contributed by atoms with van der Waals surface area (Å²) in [5, 5.41) is 22.2. The van der Waals surface area contributed by atoms with Gasteiger partial charge in [0.05, 0.1) is 30.2 Å². The molecule has 1 aliphatic heterocycles. The molecule has 1 aromatic carbocycles.